The van der Waals surface area contributed by atoms with Crippen LogP contribution in [0.2, 0.25) is 0 Å². The molecule has 8 nitrogen and oxygen atoms in total. The van der Waals surface area contributed by atoms with E-state index in [1.54, 1.807) is 42.5 Å². The summed E-state index contributed by atoms with van der Waals surface area (Å²) in [5.74, 6) is 3.84. The van der Waals surface area contributed by atoms with Crippen LogP contribution in [0, 0.1) is 0 Å². The van der Waals surface area contributed by atoms with E-state index in [9.17, 15) is 4.79 Å². The van der Waals surface area contributed by atoms with E-state index in [1.165, 1.54) is 0 Å². The Bertz CT molecular complexity index is 1630. The van der Waals surface area contributed by atoms with Gasteiger partial charge in [0.05, 0.1) is 48.2 Å². The second kappa shape index (κ2) is 12.3. The zero-order valence-electron chi connectivity index (χ0n) is 25.5. The van der Waals surface area contributed by atoms with Gasteiger partial charge in [-0.1, -0.05) is 13.3 Å². The monoisotopic (exact) mass is 573 g/mol. The van der Waals surface area contributed by atoms with Crippen LogP contribution in [0.25, 0.3) is 21.5 Å². The average Bonchev–Trinajstić information content (AvgIpc) is 3.01. The zero-order valence-corrected chi connectivity index (χ0v) is 25.5. The molecule has 0 N–H and O–H groups in total. The standard InChI is InChI=1S/C34H39NO7/c1-8-9-12-42-33-15-22-13-27(26-19-31(40-6)30(39-5)18-25(26)23(22)16-32(33)41-7)34-24-17-29(38-4)28(37-3)14-21(24)10-11-35(34)20(2)36/h13-19,34H,8-12H2,1-7H3. The van der Waals surface area contributed by atoms with Crippen molar-refractivity contribution in [3.05, 3.63) is 59.2 Å². The number of methoxy groups -OCH3 is 5. The van der Waals surface area contributed by atoms with Crippen molar-refractivity contribution in [2.75, 3.05) is 48.7 Å². The largest absolute Gasteiger partial charge is 0.493 e. The second-order valence-corrected chi connectivity index (χ2v) is 10.4. The molecule has 1 aliphatic heterocycles. The Labute approximate surface area is 247 Å². The molecule has 1 aliphatic rings. The lowest BCUT2D eigenvalue weighted by Gasteiger charge is -2.38. The Hall–Kier alpha value is -4.33. The zero-order chi connectivity index (χ0) is 30.0. The normalized spacial score (nSPS) is 14.5. The van der Waals surface area contributed by atoms with Gasteiger partial charge in [0.1, 0.15) is 0 Å². The molecule has 0 saturated heterocycles. The minimum atomic E-state index is -0.373. The molecule has 1 heterocycles. The highest BCUT2D eigenvalue weighted by molar-refractivity contribution is 6.11. The third kappa shape index (κ3) is 5.10. The molecule has 222 valence electrons. The van der Waals surface area contributed by atoms with Crippen LogP contribution >= 0.6 is 0 Å². The van der Waals surface area contributed by atoms with Crippen molar-refractivity contribution in [1.29, 1.82) is 0 Å². The van der Waals surface area contributed by atoms with Crippen LogP contribution in [0.3, 0.4) is 0 Å². The van der Waals surface area contributed by atoms with Gasteiger partial charge in [-0.15, -0.1) is 0 Å². The Kier molecular flexibility index (Phi) is 8.52. The van der Waals surface area contributed by atoms with Crippen molar-refractivity contribution >= 4 is 27.5 Å². The van der Waals surface area contributed by atoms with E-state index in [0.29, 0.717) is 54.1 Å². The lowest BCUT2D eigenvalue weighted by atomic mass is 9.84. The molecule has 1 unspecified atom stereocenters. The highest BCUT2D eigenvalue weighted by atomic mass is 16.5. The number of rotatable bonds is 10. The molecule has 0 aliphatic carbocycles. The lowest BCUT2D eigenvalue weighted by Crippen LogP contribution is -2.39. The molecule has 0 radical (unpaired) electrons. The smallest absolute Gasteiger partial charge is 0.220 e. The number of unbranched alkanes of at least 4 members (excludes halogenated alkanes) is 1. The second-order valence-electron chi connectivity index (χ2n) is 10.4. The Morgan fingerprint density at radius 2 is 1.29 bits per heavy atom. The summed E-state index contributed by atoms with van der Waals surface area (Å²) in [6, 6.07) is 13.8. The minimum Gasteiger partial charge on any atom is -0.493 e. The van der Waals surface area contributed by atoms with Crippen molar-refractivity contribution < 1.29 is 33.2 Å². The van der Waals surface area contributed by atoms with E-state index in [1.807, 2.05) is 41.3 Å². The van der Waals surface area contributed by atoms with Gasteiger partial charge < -0.3 is 33.3 Å². The molecule has 1 amide bonds. The molecular formula is C34H39NO7. The van der Waals surface area contributed by atoms with Crippen molar-refractivity contribution in [3.63, 3.8) is 0 Å². The third-order valence-electron chi connectivity index (χ3n) is 8.10. The number of fused-ring (bicyclic) bond motifs is 4. The van der Waals surface area contributed by atoms with Gasteiger partial charge in [-0.25, -0.2) is 0 Å². The maximum atomic E-state index is 13.2. The first-order valence-corrected chi connectivity index (χ1v) is 14.2. The van der Waals surface area contributed by atoms with E-state index < -0.39 is 0 Å². The van der Waals surface area contributed by atoms with Crippen LogP contribution in [0.15, 0.2) is 42.5 Å². The van der Waals surface area contributed by atoms with Gasteiger partial charge in [0.25, 0.3) is 0 Å². The molecule has 0 fully saturated rings. The number of hydrogen-bond acceptors (Lipinski definition) is 7. The molecular weight excluding hydrogens is 534 g/mol. The molecule has 1 atom stereocenters. The van der Waals surface area contributed by atoms with Gasteiger partial charge in [-0.2, -0.15) is 0 Å². The predicted molar refractivity (Wildman–Crippen MR) is 164 cm³/mol. The number of carbonyl (C=O) groups is 1. The summed E-state index contributed by atoms with van der Waals surface area (Å²) in [5.41, 5.74) is 3.08. The Balaban J connectivity index is 1.86. The van der Waals surface area contributed by atoms with Gasteiger partial charge in [0.2, 0.25) is 5.91 Å². The van der Waals surface area contributed by atoms with Crippen LogP contribution in [-0.2, 0) is 11.2 Å². The van der Waals surface area contributed by atoms with Crippen LogP contribution in [0.4, 0.5) is 0 Å². The van der Waals surface area contributed by atoms with Crippen molar-refractivity contribution in [2.24, 2.45) is 0 Å². The molecule has 8 heteroatoms. The lowest BCUT2D eigenvalue weighted by molar-refractivity contribution is -0.130. The van der Waals surface area contributed by atoms with Crippen molar-refractivity contribution in [3.8, 4) is 34.5 Å². The topological polar surface area (TPSA) is 75.7 Å². The molecule has 0 saturated carbocycles. The molecule has 42 heavy (non-hydrogen) atoms. The molecule has 4 aromatic carbocycles. The van der Waals surface area contributed by atoms with E-state index >= 15 is 0 Å². The van der Waals surface area contributed by atoms with Gasteiger partial charge in [0.15, 0.2) is 34.5 Å². The SMILES string of the molecule is CCCCOc1cc2cc(C3c4cc(OC)c(OC)cc4CCN3C(C)=O)c3cc(OC)c(OC)cc3c2cc1OC. The highest BCUT2D eigenvalue weighted by Gasteiger charge is 2.34. The summed E-state index contributed by atoms with van der Waals surface area (Å²) in [5, 5.41) is 3.84. The quantitative estimate of drug-likeness (QED) is 0.154. The highest BCUT2D eigenvalue weighted by Crippen LogP contribution is 2.47. The summed E-state index contributed by atoms with van der Waals surface area (Å²) in [6.07, 6.45) is 2.68. The molecule has 0 spiro atoms. The van der Waals surface area contributed by atoms with Crippen LogP contribution in [0.5, 0.6) is 34.5 Å². The fourth-order valence-corrected chi connectivity index (χ4v) is 5.96. The van der Waals surface area contributed by atoms with Crippen LogP contribution in [0.1, 0.15) is 49.4 Å². The summed E-state index contributed by atoms with van der Waals surface area (Å²) in [4.78, 5) is 15.1. The first-order valence-electron chi connectivity index (χ1n) is 14.2. The number of carbonyl (C=O) groups excluding carboxylic acids is 1. The molecule has 0 bridgehead atoms. The predicted octanol–water partition coefficient (Wildman–Crippen LogP) is 6.71. The Morgan fingerprint density at radius 1 is 0.714 bits per heavy atom. The van der Waals surface area contributed by atoms with Gasteiger partial charge in [-0.3, -0.25) is 4.79 Å². The van der Waals surface area contributed by atoms with Gasteiger partial charge in [0, 0.05) is 13.5 Å². The summed E-state index contributed by atoms with van der Waals surface area (Å²) >= 11 is 0. The van der Waals surface area contributed by atoms with Gasteiger partial charge >= 0.3 is 0 Å². The maximum Gasteiger partial charge on any atom is 0.220 e. The molecule has 0 aromatic heterocycles. The van der Waals surface area contributed by atoms with Crippen LogP contribution in [-0.4, -0.2) is 59.5 Å². The Morgan fingerprint density at radius 3 is 1.90 bits per heavy atom. The number of amides is 1. The molecule has 4 aromatic rings. The average molecular weight is 574 g/mol. The fourth-order valence-electron chi connectivity index (χ4n) is 5.96. The third-order valence-corrected chi connectivity index (χ3v) is 8.10. The number of nitrogens with zero attached hydrogens (tertiary/aromatic N) is 1. The first kappa shape index (κ1) is 29.2. The maximum absolute atomic E-state index is 13.2. The van der Waals surface area contributed by atoms with Crippen LogP contribution < -0.4 is 28.4 Å². The first-order chi connectivity index (χ1) is 20.4. The number of ether oxygens (including phenoxy) is 6. The van der Waals surface area contributed by atoms with E-state index in [0.717, 1.165) is 51.1 Å². The van der Waals surface area contributed by atoms with E-state index in [4.69, 9.17) is 28.4 Å². The summed E-state index contributed by atoms with van der Waals surface area (Å²) in [7, 11) is 8.17. The van der Waals surface area contributed by atoms with Crippen molar-refractivity contribution in [2.45, 2.75) is 39.2 Å². The van der Waals surface area contributed by atoms with E-state index in [2.05, 4.69) is 13.0 Å². The summed E-state index contributed by atoms with van der Waals surface area (Å²) < 4.78 is 34.7. The van der Waals surface area contributed by atoms with Gasteiger partial charge in [-0.05, 0) is 93.5 Å². The van der Waals surface area contributed by atoms with Crippen molar-refractivity contribution in [1.82, 2.24) is 4.90 Å². The van der Waals surface area contributed by atoms with E-state index in [-0.39, 0.29) is 11.9 Å². The molecule has 5 rings (SSSR count). The number of hydrogen-bond donors (Lipinski definition) is 0. The fraction of sp³-hybridized carbons (Fsp3) is 0.382. The number of benzene rings is 4. The minimum absolute atomic E-state index is 0.00697. The summed E-state index contributed by atoms with van der Waals surface area (Å²) in [6.45, 7) is 4.92.